The summed E-state index contributed by atoms with van der Waals surface area (Å²) in [6.07, 6.45) is 64.3. The second-order valence-electron chi connectivity index (χ2n) is 21.7. The number of aliphatic hydroxyl groups is 1. The number of quaternary nitrogens is 1. The van der Waals surface area contributed by atoms with Gasteiger partial charge >= 0.3 is 7.82 Å². The second-order valence-corrected chi connectivity index (χ2v) is 23.2. The van der Waals surface area contributed by atoms with Crippen LogP contribution in [0.25, 0.3) is 0 Å². The molecule has 404 valence electrons. The normalized spacial score (nSPS) is 14.0. The summed E-state index contributed by atoms with van der Waals surface area (Å²) in [5.41, 5.74) is 0. The molecule has 9 heteroatoms. The first-order valence-corrected chi connectivity index (χ1v) is 31.2. The highest BCUT2D eigenvalue weighted by Crippen LogP contribution is 2.43. The molecule has 0 fully saturated rings. The molecule has 0 aromatic heterocycles. The minimum atomic E-state index is -4.35. The lowest BCUT2D eigenvalue weighted by Gasteiger charge is -2.25. The van der Waals surface area contributed by atoms with Crippen LogP contribution in [-0.2, 0) is 18.4 Å². The summed E-state index contributed by atoms with van der Waals surface area (Å²) >= 11 is 0. The van der Waals surface area contributed by atoms with Crippen LogP contribution in [0.5, 0.6) is 0 Å². The average molecular weight is 983 g/mol. The predicted molar refractivity (Wildman–Crippen MR) is 295 cm³/mol. The van der Waals surface area contributed by atoms with Gasteiger partial charge in [0.15, 0.2) is 0 Å². The zero-order valence-electron chi connectivity index (χ0n) is 46.1. The molecule has 68 heavy (non-hydrogen) atoms. The number of hydrogen-bond donors (Lipinski definition) is 3. The highest BCUT2D eigenvalue weighted by Gasteiger charge is 2.27. The van der Waals surface area contributed by atoms with Gasteiger partial charge in [0.1, 0.15) is 13.2 Å². The number of likely N-dealkylation sites (N-methyl/N-ethyl adjacent to an activating group) is 1. The standard InChI is InChI=1S/C59H117N2O6P/c1-6-8-10-12-14-16-18-20-22-24-26-27-28-29-30-31-32-33-34-35-36-38-40-42-44-46-48-50-52-58(62)57(56-67-68(64,65)66-55-54-61(3,4)5)60-59(63)53-51-49-47-45-43-41-39-37-25-23-21-19-17-15-13-11-9-7-2/h23,25,50,52,57-58,62H,6-22,24,26-49,51,53-56H2,1-5H3,(H-,60,63,64,65)/p+1/b25-23-,52-50+. The van der Waals surface area contributed by atoms with Crippen molar-refractivity contribution in [1.29, 1.82) is 0 Å². The van der Waals surface area contributed by atoms with Crippen LogP contribution in [0.2, 0.25) is 0 Å². The minimum absolute atomic E-state index is 0.0623. The van der Waals surface area contributed by atoms with E-state index in [-0.39, 0.29) is 19.1 Å². The molecule has 0 saturated heterocycles. The first kappa shape index (κ1) is 67.0. The molecule has 3 N–H and O–H groups in total. The Morgan fingerprint density at radius 1 is 0.485 bits per heavy atom. The molecule has 0 radical (unpaired) electrons. The molecular weight excluding hydrogens is 864 g/mol. The summed E-state index contributed by atoms with van der Waals surface area (Å²) in [4.78, 5) is 23.3. The molecule has 3 unspecified atom stereocenters. The molecular formula is C59H118N2O6P+. The van der Waals surface area contributed by atoms with Gasteiger partial charge < -0.3 is 19.8 Å². The summed E-state index contributed by atoms with van der Waals surface area (Å²) in [5, 5.41) is 13.9. The largest absolute Gasteiger partial charge is 0.472 e. The Labute approximate surface area is 424 Å². The van der Waals surface area contributed by atoms with Crippen LogP contribution in [0.15, 0.2) is 24.3 Å². The molecule has 0 bridgehead atoms. The fraction of sp³-hybridized carbons (Fsp3) is 0.915. The van der Waals surface area contributed by atoms with Crippen molar-refractivity contribution < 1.29 is 32.9 Å². The number of carbonyl (C=O) groups is 1. The number of rotatable bonds is 55. The van der Waals surface area contributed by atoms with Crippen molar-refractivity contribution in [1.82, 2.24) is 5.32 Å². The second kappa shape index (κ2) is 50.9. The van der Waals surface area contributed by atoms with E-state index in [1.54, 1.807) is 6.08 Å². The van der Waals surface area contributed by atoms with Crippen LogP contribution in [0.4, 0.5) is 0 Å². The Bertz CT molecular complexity index is 1160. The van der Waals surface area contributed by atoms with E-state index in [1.165, 1.54) is 238 Å². The van der Waals surface area contributed by atoms with E-state index < -0.39 is 20.0 Å². The van der Waals surface area contributed by atoms with Gasteiger partial charge in [0.25, 0.3) is 0 Å². The first-order valence-electron chi connectivity index (χ1n) is 29.7. The lowest BCUT2D eigenvalue weighted by Crippen LogP contribution is -2.45. The van der Waals surface area contributed by atoms with Gasteiger partial charge in [-0.25, -0.2) is 4.57 Å². The van der Waals surface area contributed by atoms with Crippen molar-refractivity contribution in [3.8, 4) is 0 Å². The van der Waals surface area contributed by atoms with Gasteiger partial charge in [0, 0.05) is 6.42 Å². The van der Waals surface area contributed by atoms with Crippen LogP contribution in [0.1, 0.15) is 296 Å². The predicted octanol–water partition coefficient (Wildman–Crippen LogP) is 18.0. The van der Waals surface area contributed by atoms with Gasteiger partial charge in [-0.05, 0) is 44.9 Å². The van der Waals surface area contributed by atoms with Gasteiger partial charge in [-0.2, -0.15) is 0 Å². The maximum Gasteiger partial charge on any atom is 0.472 e. The molecule has 0 aliphatic carbocycles. The van der Waals surface area contributed by atoms with E-state index in [9.17, 15) is 19.4 Å². The van der Waals surface area contributed by atoms with E-state index in [0.717, 1.165) is 38.5 Å². The lowest BCUT2D eigenvalue weighted by molar-refractivity contribution is -0.870. The number of nitrogens with zero attached hydrogens (tertiary/aromatic N) is 1. The summed E-state index contributed by atoms with van der Waals surface area (Å²) in [5.74, 6) is -0.177. The van der Waals surface area contributed by atoms with E-state index in [4.69, 9.17) is 9.05 Å². The number of carbonyl (C=O) groups excluding carboxylic acids is 1. The average Bonchev–Trinajstić information content (AvgIpc) is 3.30. The zero-order chi connectivity index (χ0) is 49.9. The van der Waals surface area contributed by atoms with Crippen molar-refractivity contribution in [3.05, 3.63) is 24.3 Å². The van der Waals surface area contributed by atoms with E-state index in [0.29, 0.717) is 17.4 Å². The van der Waals surface area contributed by atoms with E-state index in [1.807, 2.05) is 27.2 Å². The smallest absolute Gasteiger partial charge is 0.387 e. The minimum Gasteiger partial charge on any atom is -0.387 e. The van der Waals surface area contributed by atoms with Gasteiger partial charge in [-0.3, -0.25) is 13.8 Å². The van der Waals surface area contributed by atoms with Crippen LogP contribution < -0.4 is 5.32 Å². The molecule has 8 nitrogen and oxygen atoms in total. The van der Waals surface area contributed by atoms with Gasteiger partial charge in [0.2, 0.25) is 5.91 Å². The molecule has 0 saturated carbocycles. The maximum absolute atomic E-state index is 13.0. The summed E-state index contributed by atoms with van der Waals surface area (Å²) in [6.45, 7) is 4.85. The number of nitrogens with one attached hydrogen (secondary N) is 1. The maximum atomic E-state index is 13.0. The number of allylic oxidation sites excluding steroid dienone is 3. The van der Waals surface area contributed by atoms with Crippen molar-refractivity contribution in [2.75, 3.05) is 40.9 Å². The van der Waals surface area contributed by atoms with Gasteiger partial charge in [-0.15, -0.1) is 0 Å². The fourth-order valence-electron chi connectivity index (χ4n) is 8.98. The fourth-order valence-corrected chi connectivity index (χ4v) is 9.72. The lowest BCUT2D eigenvalue weighted by atomic mass is 10.0. The number of amides is 1. The number of phosphoric ester groups is 1. The van der Waals surface area contributed by atoms with E-state index >= 15 is 0 Å². The van der Waals surface area contributed by atoms with Crippen LogP contribution in [0, 0.1) is 0 Å². The number of unbranched alkanes of at least 4 members (excludes halogenated alkanes) is 40. The van der Waals surface area contributed by atoms with Crippen molar-refractivity contribution in [3.63, 3.8) is 0 Å². The third kappa shape index (κ3) is 52.8. The Hall–Kier alpha value is -1.02. The van der Waals surface area contributed by atoms with Crippen LogP contribution in [0.3, 0.4) is 0 Å². The van der Waals surface area contributed by atoms with Gasteiger partial charge in [-0.1, -0.05) is 269 Å². The Morgan fingerprint density at radius 2 is 0.794 bits per heavy atom. The van der Waals surface area contributed by atoms with Crippen molar-refractivity contribution >= 4 is 13.7 Å². The number of phosphoric acid groups is 1. The first-order chi connectivity index (χ1) is 33.0. The highest BCUT2D eigenvalue weighted by molar-refractivity contribution is 7.47. The molecule has 0 aliphatic rings. The van der Waals surface area contributed by atoms with Crippen molar-refractivity contribution in [2.45, 2.75) is 309 Å². The Morgan fingerprint density at radius 3 is 1.13 bits per heavy atom. The third-order valence-electron chi connectivity index (χ3n) is 13.7. The number of hydrogen-bond acceptors (Lipinski definition) is 5. The molecule has 3 atom stereocenters. The summed E-state index contributed by atoms with van der Waals surface area (Å²) in [6, 6.07) is -0.847. The molecule has 0 spiro atoms. The number of aliphatic hydroxyl groups excluding tert-OH is 1. The summed E-state index contributed by atoms with van der Waals surface area (Å²) < 4.78 is 23.7. The van der Waals surface area contributed by atoms with Crippen molar-refractivity contribution in [2.24, 2.45) is 0 Å². The molecule has 0 heterocycles. The van der Waals surface area contributed by atoms with Crippen LogP contribution in [-0.4, -0.2) is 73.4 Å². The molecule has 0 rings (SSSR count). The monoisotopic (exact) mass is 982 g/mol. The van der Waals surface area contributed by atoms with Gasteiger partial charge in [0.05, 0.1) is 39.9 Å². The topological polar surface area (TPSA) is 105 Å². The highest BCUT2D eigenvalue weighted by atomic mass is 31.2. The molecule has 0 aliphatic heterocycles. The Balaban J connectivity index is 4.15. The SMILES string of the molecule is CCCCCCCCC/C=C\CCCCCCCCCC(=O)NC(COP(=O)(O)OCC[N+](C)(C)C)C(O)/C=C/CCCCCCCCCCCCCCCCCCCCCCCCCCCC. The quantitative estimate of drug-likeness (QED) is 0.0243. The van der Waals surface area contributed by atoms with Crippen LogP contribution >= 0.6 is 7.82 Å². The van der Waals surface area contributed by atoms with E-state index in [2.05, 4.69) is 31.3 Å². The summed E-state index contributed by atoms with van der Waals surface area (Å²) in [7, 11) is 1.58. The molecule has 1 amide bonds. The third-order valence-corrected chi connectivity index (χ3v) is 14.6. The molecule has 0 aromatic carbocycles. The Kier molecular flexibility index (Phi) is 50.1. The molecule has 0 aromatic rings. The zero-order valence-corrected chi connectivity index (χ0v) is 47.0.